The van der Waals surface area contributed by atoms with Crippen LogP contribution in [0.5, 0.6) is 0 Å². The van der Waals surface area contributed by atoms with Gasteiger partial charge in [-0.15, -0.1) is 0 Å². The molecule has 0 aliphatic heterocycles. The molecule has 0 atom stereocenters. The van der Waals surface area contributed by atoms with Crippen LogP contribution in [0, 0.1) is 11.3 Å². The van der Waals surface area contributed by atoms with Crippen molar-refractivity contribution in [3.8, 4) is 6.07 Å². The lowest BCUT2D eigenvalue weighted by Crippen LogP contribution is -2.37. The number of benzene rings is 1. The maximum atomic E-state index is 11.9. The summed E-state index contributed by atoms with van der Waals surface area (Å²) in [5.41, 5.74) is 0.871. The van der Waals surface area contributed by atoms with E-state index in [-0.39, 0.29) is 18.4 Å². The minimum Gasteiger partial charge on any atom is -0.334 e. The van der Waals surface area contributed by atoms with Gasteiger partial charge in [0.2, 0.25) is 11.8 Å². The Balaban J connectivity index is 2.69. The third-order valence-electron chi connectivity index (χ3n) is 2.59. The highest BCUT2D eigenvalue weighted by atomic mass is 16.2. The summed E-state index contributed by atoms with van der Waals surface area (Å²) in [6.45, 7) is 3.93. The number of nitrogens with one attached hydrogen (secondary N) is 1. The van der Waals surface area contributed by atoms with Gasteiger partial charge in [-0.2, -0.15) is 5.26 Å². The summed E-state index contributed by atoms with van der Waals surface area (Å²) in [5, 5.41) is 11.6. The Kier molecular flexibility index (Phi) is 5.55. The highest BCUT2D eigenvalue weighted by Gasteiger charge is 2.13. The lowest BCUT2D eigenvalue weighted by atomic mass is 10.2. The molecule has 1 aromatic carbocycles. The summed E-state index contributed by atoms with van der Waals surface area (Å²) in [4.78, 5) is 24.7. The third kappa shape index (κ3) is 4.43. The Morgan fingerprint density at radius 1 is 1.37 bits per heavy atom. The Bertz CT molecular complexity index is 506. The molecule has 0 fully saturated rings. The highest BCUT2D eigenvalue weighted by Crippen LogP contribution is 2.13. The Morgan fingerprint density at radius 2 is 2.05 bits per heavy atom. The van der Waals surface area contributed by atoms with Gasteiger partial charge in [-0.05, 0) is 18.6 Å². The molecule has 0 aliphatic rings. The summed E-state index contributed by atoms with van der Waals surface area (Å²) >= 11 is 0. The second kappa shape index (κ2) is 7.17. The summed E-state index contributed by atoms with van der Waals surface area (Å²) in [6, 6.07) is 8.77. The Hall–Kier alpha value is -2.35. The summed E-state index contributed by atoms with van der Waals surface area (Å²) in [6.07, 6.45) is 0.793. The molecule has 1 aromatic rings. The molecule has 0 unspecified atom stereocenters. The first kappa shape index (κ1) is 14.7. The predicted molar refractivity (Wildman–Crippen MR) is 72.3 cm³/mol. The predicted octanol–water partition coefficient (Wildman–Crippen LogP) is 1.76. The molecule has 0 aromatic heterocycles. The number of hydrogen-bond donors (Lipinski definition) is 1. The highest BCUT2D eigenvalue weighted by molar-refractivity contribution is 5.95. The summed E-state index contributed by atoms with van der Waals surface area (Å²) < 4.78 is 0. The van der Waals surface area contributed by atoms with Crippen LogP contribution < -0.4 is 5.32 Å². The molecule has 19 heavy (non-hydrogen) atoms. The molecule has 0 spiro atoms. The third-order valence-corrected chi connectivity index (χ3v) is 2.59. The zero-order valence-electron chi connectivity index (χ0n) is 11.1. The normalized spacial score (nSPS) is 9.53. The fraction of sp³-hybridized carbons (Fsp3) is 0.357. The van der Waals surface area contributed by atoms with Crippen LogP contribution in [-0.2, 0) is 9.59 Å². The lowest BCUT2D eigenvalue weighted by molar-refractivity contribution is -0.132. The van der Waals surface area contributed by atoms with Gasteiger partial charge in [0, 0.05) is 13.5 Å². The molecular weight excluding hydrogens is 242 g/mol. The Labute approximate surface area is 112 Å². The van der Waals surface area contributed by atoms with Gasteiger partial charge in [-0.25, -0.2) is 0 Å². The fourth-order valence-corrected chi connectivity index (χ4v) is 1.67. The summed E-state index contributed by atoms with van der Waals surface area (Å²) in [5.74, 6) is -0.433. The lowest BCUT2D eigenvalue weighted by Gasteiger charge is -2.19. The van der Waals surface area contributed by atoms with E-state index in [0.29, 0.717) is 17.8 Å². The fourth-order valence-electron chi connectivity index (χ4n) is 1.67. The smallest absolute Gasteiger partial charge is 0.244 e. The van der Waals surface area contributed by atoms with Gasteiger partial charge in [0.25, 0.3) is 0 Å². The van der Waals surface area contributed by atoms with Gasteiger partial charge in [-0.3, -0.25) is 9.59 Å². The zero-order valence-corrected chi connectivity index (χ0v) is 11.1. The van der Waals surface area contributed by atoms with Crippen molar-refractivity contribution in [3.63, 3.8) is 0 Å². The number of nitrogens with zero attached hydrogens (tertiary/aromatic N) is 2. The number of para-hydroxylation sites is 1. The van der Waals surface area contributed by atoms with E-state index in [0.717, 1.165) is 6.42 Å². The van der Waals surface area contributed by atoms with Gasteiger partial charge in [0.15, 0.2) is 0 Å². The van der Waals surface area contributed by atoms with Crippen molar-refractivity contribution in [2.24, 2.45) is 0 Å². The first-order valence-corrected chi connectivity index (χ1v) is 6.13. The minimum atomic E-state index is -0.300. The van der Waals surface area contributed by atoms with E-state index >= 15 is 0 Å². The van der Waals surface area contributed by atoms with Crippen LogP contribution in [-0.4, -0.2) is 29.8 Å². The van der Waals surface area contributed by atoms with E-state index in [4.69, 9.17) is 5.26 Å². The molecule has 0 saturated carbocycles. The number of amides is 2. The van der Waals surface area contributed by atoms with Crippen molar-refractivity contribution in [1.82, 2.24) is 4.90 Å². The van der Waals surface area contributed by atoms with Crippen molar-refractivity contribution in [3.05, 3.63) is 29.8 Å². The van der Waals surface area contributed by atoms with Crippen molar-refractivity contribution >= 4 is 17.5 Å². The van der Waals surface area contributed by atoms with Crippen LogP contribution in [0.2, 0.25) is 0 Å². The number of hydrogen-bond acceptors (Lipinski definition) is 3. The monoisotopic (exact) mass is 259 g/mol. The molecule has 0 radical (unpaired) electrons. The molecule has 0 aliphatic carbocycles. The van der Waals surface area contributed by atoms with E-state index in [9.17, 15) is 9.59 Å². The van der Waals surface area contributed by atoms with Crippen LogP contribution in [0.15, 0.2) is 24.3 Å². The van der Waals surface area contributed by atoms with Crippen LogP contribution in [0.25, 0.3) is 0 Å². The molecule has 100 valence electrons. The number of anilines is 1. The van der Waals surface area contributed by atoms with Crippen LogP contribution in [0.4, 0.5) is 5.69 Å². The molecule has 5 heteroatoms. The summed E-state index contributed by atoms with van der Waals surface area (Å²) in [7, 11) is 0. The molecule has 0 bridgehead atoms. The Morgan fingerprint density at radius 3 is 2.63 bits per heavy atom. The second-order valence-corrected chi connectivity index (χ2v) is 4.15. The van der Waals surface area contributed by atoms with E-state index in [2.05, 4.69) is 5.32 Å². The number of carbonyl (C=O) groups is 2. The zero-order chi connectivity index (χ0) is 14.3. The van der Waals surface area contributed by atoms with Crippen molar-refractivity contribution in [2.45, 2.75) is 20.3 Å². The molecular formula is C14H17N3O2. The number of rotatable bonds is 5. The first-order valence-electron chi connectivity index (χ1n) is 6.13. The maximum absolute atomic E-state index is 11.9. The maximum Gasteiger partial charge on any atom is 0.244 e. The van der Waals surface area contributed by atoms with E-state index in [1.807, 2.05) is 13.0 Å². The first-order chi connectivity index (χ1) is 9.08. The average molecular weight is 259 g/mol. The average Bonchev–Trinajstić information content (AvgIpc) is 2.38. The number of carbonyl (C=O) groups excluding carboxylic acids is 2. The molecule has 1 rings (SSSR count). The van der Waals surface area contributed by atoms with Gasteiger partial charge < -0.3 is 10.2 Å². The van der Waals surface area contributed by atoms with E-state index < -0.39 is 0 Å². The van der Waals surface area contributed by atoms with E-state index in [1.54, 1.807) is 24.3 Å². The molecule has 5 nitrogen and oxygen atoms in total. The standard InChI is InChI=1S/C14H17N3O2/c1-3-8-17(11(2)18)10-14(19)16-13-7-5-4-6-12(13)9-15/h4-7H,3,8,10H2,1-2H3,(H,16,19). The van der Waals surface area contributed by atoms with Gasteiger partial charge >= 0.3 is 0 Å². The quantitative estimate of drug-likeness (QED) is 0.875. The van der Waals surface area contributed by atoms with Crippen molar-refractivity contribution in [1.29, 1.82) is 5.26 Å². The van der Waals surface area contributed by atoms with E-state index in [1.165, 1.54) is 11.8 Å². The minimum absolute atomic E-state index is 0.00291. The number of nitriles is 1. The van der Waals surface area contributed by atoms with Crippen molar-refractivity contribution < 1.29 is 9.59 Å². The SMILES string of the molecule is CCCN(CC(=O)Nc1ccccc1C#N)C(C)=O. The molecule has 0 saturated heterocycles. The van der Waals surface area contributed by atoms with Gasteiger partial charge in [0.05, 0.1) is 17.8 Å². The van der Waals surface area contributed by atoms with Crippen LogP contribution in [0.1, 0.15) is 25.8 Å². The largest absolute Gasteiger partial charge is 0.334 e. The molecule has 1 N–H and O–H groups in total. The second-order valence-electron chi connectivity index (χ2n) is 4.15. The van der Waals surface area contributed by atoms with Gasteiger partial charge in [-0.1, -0.05) is 19.1 Å². The van der Waals surface area contributed by atoms with Crippen molar-refractivity contribution in [2.75, 3.05) is 18.4 Å². The van der Waals surface area contributed by atoms with Crippen LogP contribution in [0.3, 0.4) is 0 Å². The van der Waals surface area contributed by atoms with Gasteiger partial charge in [0.1, 0.15) is 6.07 Å². The van der Waals surface area contributed by atoms with Crippen LogP contribution >= 0.6 is 0 Å². The topological polar surface area (TPSA) is 73.2 Å². The molecule has 2 amide bonds. The molecule has 0 heterocycles.